The Bertz CT molecular complexity index is 904. The summed E-state index contributed by atoms with van der Waals surface area (Å²) in [4.78, 5) is 25.2. The largest absolute Gasteiger partial charge is 0.345 e. The van der Waals surface area contributed by atoms with Crippen LogP contribution in [0.25, 0.3) is 0 Å². The van der Waals surface area contributed by atoms with Gasteiger partial charge in [0.2, 0.25) is 0 Å². The monoisotopic (exact) mass is 347 g/mol. The second kappa shape index (κ2) is 7.74. The number of nitrogens with zero attached hydrogens (tertiary/aromatic N) is 3. The van der Waals surface area contributed by atoms with Crippen molar-refractivity contribution in [3.8, 4) is 0 Å². The smallest absolute Gasteiger partial charge is 0.270 e. The van der Waals surface area contributed by atoms with Gasteiger partial charge in [0.1, 0.15) is 17.3 Å². The highest BCUT2D eigenvalue weighted by Crippen LogP contribution is 2.19. The summed E-state index contributed by atoms with van der Waals surface area (Å²) in [5, 5.41) is 6.08. The third-order valence-electron chi connectivity index (χ3n) is 3.72. The Morgan fingerprint density at radius 3 is 2.46 bits per heavy atom. The number of amides is 1. The molecule has 2 N–H and O–H groups in total. The lowest BCUT2D eigenvalue weighted by atomic mass is 10.1. The first-order valence-electron chi connectivity index (χ1n) is 8.39. The second-order valence-electron chi connectivity index (χ2n) is 6.19. The van der Waals surface area contributed by atoms with Gasteiger partial charge in [0, 0.05) is 18.0 Å². The summed E-state index contributed by atoms with van der Waals surface area (Å²) >= 11 is 0. The van der Waals surface area contributed by atoms with Gasteiger partial charge < -0.3 is 10.6 Å². The van der Waals surface area contributed by atoms with Crippen LogP contribution in [-0.4, -0.2) is 20.9 Å². The quantitative estimate of drug-likeness (QED) is 0.739. The van der Waals surface area contributed by atoms with Gasteiger partial charge in [-0.25, -0.2) is 9.97 Å². The van der Waals surface area contributed by atoms with Crippen molar-refractivity contribution in [3.63, 3.8) is 0 Å². The fraction of sp³-hybridized carbons (Fsp3) is 0.200. The molecule has 6 nitrogen and oxygen atoms in total. The van der Waals surface area contributed by atoms with Gasteiger partial charge >= 0.3 is 0 Å². The third kappa shape index (κ3) is 4.63. The molecule has 2 aromatic heterocycles. The fourth-order valence-corrected chi connectivity index (χ4v) is 2.71. The van der Waals surface area contributed by atoms with Crippen molar-refractivity contribution >= 4 is 17.4 Å². The van der Waals surface area contributed by atoms with Gasteiger partial charge in [0.25, 0.3) is 5.91 Å². The zero-order valence-electron chi connectivity index (χ0n) is 15.1. The van der Waals surface area contributed by atoms with E-state index in [0.29, 0.717) is 23.9 Å². The Morgan fingerprint density at radius 1 is 1.00 bits per heavy atom. The number of aryl methyl sites for hydroxylation is 3. The number of nitrogens with one attached hydrogen (secondary N) is 2. The molecule has 0 bridgehead atoms. The van der Waals surface area contributed by atoms with Crippen molar-refractivity contribution in [1.82, 2.24) is 20.3 Å². The zero-order valence-corrected chi connectivity index (χ0v) is 15.1. The molecule has 0 atom stereocenters. The SMILES string of the molecule is Cc1cc(C)cc(Nc2cc(C(=O)NCc3ccccn3)nc(C)n2)c1. The summed E-state index contributed by atoms with van der Waals surface area (Å²) in [6.07, 6.45) is 1.70. The molecule has 0 spiro atoms. The van der Waals surface area contributed by atoms with Gasteiger partial charge in [0.05, 0.1) is 12.2 Å². The minimum Gasteiger partial charge on any atom is -0.345 e. The van der Waals surface area contributed by atoms with Crippen LogP contribution in [-0.2, 0) is 6.54 Å². The first-order chi connectivity index (χ1) is 12.5. The number of aromatic nitrogens is 3. The van der Waals surface area contributed by atoms with Crippen LogP contribution in [0.5, 0.6) is 0 Å². The van der Waals surface area contributed by atoms with E-state index in [0.717, 1.165) is 22.5 Å². The summed E-state index contributed by atoms with van der Waals surface area (Å²) in [6, 6.07) is 13.4. The van der Waals surface area contributed by atoms with Crippen molar-refractivity contribution in [1.29, 1.82) is 0 Å². The molecule has 3 aromatic rings. The third-order valence-corrected chi connectivity index (χ3v) is 3.72. The van der Waals surface area contributed by atoms with E-state index < -0.39 is 0 Å². The number of rotatable bonds is 5. The van der Waals surface area contributed by atoms with E-state index in [1.807, 2.05) is 44.2 Å². The van der Waals surface area contributed by atoms with Gasteiger partial charge in [0.15, 0.2) is 0 Å². The van der Waals surface area contributed by atoms with E-state index >= 15 is 0 Å². The van der Waals surface area contributed by atoms with Gasteiger partial charge in [-0.3, -0.25) is 9.78 Å². The van der Waals surface area contributed by atoms with Crippen LogP contribution in [0.3, 0.4) is 0 Å². The van der Waals surface area contributed by atoms with E-state index in [9.17, 15) is 4.79 Å². The molecule has 132 valence electrons. The topological polar surface area (TPSA) is 79.8 Å². The molecule has 0 fully saturated rings. The number of carbonyl (C=O) groups excluding carboxylic acids is 1. The van der Waals surface area contributed by atoms with Crippen LogP contribution in [0, 0.1) is 20.8 Å². The molecular weight excluding hydrogens is 326 g/mol. The van der Waals surface area contributed by atoms with Crippen LogP contribution in [0.15, 0.2) is 48.7 Å². The van der Waals surface area contributed by atoms with E-state index in [1.165, 1.54) is 0 Å². The number of hydrogen-bond donors (Lipinski definition) is 2. The first kappa shape index (κ1) is 17.5. The van der Waals surface area contributed by atoms with Crippen molar-refractivity contribution in [2.24, 2.45) is 0 Å². The standard InChI is InChI=1S/C20H21N5O/c1-13-8-14(2)10-17(9-13)25-19-11-18(23-15(3)24-19)20(26)22-12-16-6-4-5-7-21-16/h4-11H,12H2,1-3H3,(H,22,26)(H,23,24,25). The second-order valence-corrected chi connectivity index (χ2v) is 6.19. The Balaban J connectivity index is 1.75. The zero-order chi connectivity index (χ0) is 18.5. The average molecular weight is 347 g/mol. The van der Waals surface area contributed by atoms with Crippen LogP contribution < -0.4 is 10.6 Å². The molecule has 0 unspecified atom stereocenters. The van der Waals surface area contributed by atoms with E-state index in [-0.39, 0.29) is 5.91 Å². The van der Waals surface area contributed by atoms with E-state index in [4.69, 9.17) is 0 Å². The average Bonchev–Trinajstić information content (AvgIpc) is 2.59. The molecule has 0 aliphatic rings. The van der Waals surface area contributed by atoms with E-state index in [2.05, 4.69) is 31.7 Å². The number of anilines is 2. The molecule has 26 heavy (non-hydrogen) atoms. The Morgan fingerprint density at radius 2 is 1.77 bits per heavy atom. The summed E-state index contributed by atoms with van der Waals surface area (Å²) in [5.74, 6) is 0.859. The van der Waals surface area contributed by atoms with Crippen molar-refractivity contribution in [2.75, 3.05) is 5.32 Å². The normalized spacial score (nSPS) is 10.4. The summed E-state index contributed by atoms with van der Waals surface area (Å²) in [7, 11) is 0. The molecule has 0 saturated carbocycles. The lowest BCUT2D eigenvalue weighted by molar-refractivity contribution is 0.0945. The molecule has 0 radical (unpaired) electrons. The molecular formula is C20H21N5O. The number of carbonyl (C=O) groups is 1. The number of hydrogen-bond acceptors (Lipinski definition) is 5. The molecule has 0 saturated heterocycles. The minimum absolute atomic E-state index is 0.260. The lowest BCUT2D eigenvalue weighted by Gasteiger charge is -2.10. The maximum absolute atomic E-state index is 12.4. The molecule has 3 rings (SSSR count). The number of benzene rings is 1. The molecule has 0 aliphatic carbocycles. The Hall–Kier alpha value is -3.28. The molecule has 1 aromatic carbocycles. The fourth-order valence-electron chi connectivity index (χ4n) is 2.71. The van der Waals surface area contributed by atoms with Crippen molar-refractivity contribution in [2.45, 2.75) is 27.3 Å². The van der Waals surface area contributed by atoms with Gasteiger partial charge in [-0.05, 0) is 56.2 Å². The Kier molecular flexibility index (Phi) is 5.22. The van der Waals surface area contributed by atoms with Crippen molar-refractivity contribution in [3.05, 3.63) is 77.0 Å². The first-order valence-corrected chi connectivity index (χ1v) is 8.39. The van der Waals surface area contributed by atoms with Gasteiger partial charge in [-0.1, -0.05) is 12.1 Å². The van der Waals surface area contributed by atoms with Crippen molar-refractivity contribution < 1.29 is 4.79 Å². The molecule has 0 aliphatic heterocycles. The predicted octanol–water partition coefficient (Wildman–Crippen LogP) is 3.47. The minimum atomic E-state index is -0.260. The highest BCUT2D eigenvalue weighted by Gasteiger charge is 2.11. The summed E-state index contributed by atoms with van der Waals surface area (Å²) < 4.78 is 0. The van der Waals surface area contributed by atoms with Crippen LogP contribution >= 0.6 is 0 Å². The van der Waals surface area contributed by atoms with Crippen LogP contribution in [0.4, 0.5) is 11.5 Å². The summed E-state index contributed by atoms with van der Waals surface area (Å²) in [5.41, 5.74) is 4.36. The number of pyridine rings is 1. The Labute approximate surface area is 152 Å². The van der Waals surface area contributed by atoms with Gasteiger partial charge in [-0.2, -0.15) is 0 Å². The van der Waals surface area contributed by atoms with Crippen LogP contribution in [0.1, 0.15) is 33.1 Å². The molecule has 1 amide bonds. The van der Waals surface area contributed by atoms with Gasteiger partial charge in [-0.15, -0.1) is 0 Å². The highest BCUT2D eigenvalue weighted by atomic mass is 16.1. The summed E-state index contributed by atoms with van der Waals surface area (Å²) in [6.45, 7) is 6.20. The molecule has 6 heteroatoms. The van der Waals surface area contributed by atoms with E-state index in [1.54, 1.807) is 19.2 Å². The van der Waals surface area contributed by atoms with Crippen LogP contribution in [0.2, 0.25) is 0 Å². The lowest BCUT2D eigenvalue weighted by Crippen LogP contribution is -2.24. The molecule has 2 heterocycles. The maximum Gasteiger partial charge on any atom is 0.270 e. The predicted molar refractivity (Wildman–Crippen MR) is 101 cm³/mol. The maximum atomic E-state index is 12.4. The highest BCUT2D eigenvalue weighted by molar-refractivity contribution is 5.93.